The molecule has 0 bridgehead atoms. The Balaban J connectivity index is 1.88. The van der Waals surface area contributed by atoms with Crippen molar-refractivity contribution < 1.29 is 14.4 Å². The van der Waals surface area contributed by atoms with Crippen LogP contribution in [-0.4, -0.2) is 22.0 Å². The van der Waals surface area contributed by atoms with Crippen LogP contribution in [0.4, 0.5) is 4.79 Å². The van der Waals surface area contributed by atoms with Crippen molar-refractivity contribution in [1.29, 1.82) is 0 Å². The molecule has 6 heteroatoms. The Morgan fingerprint density at radius 3 is 2.30 bits per heavy atom. The molecule has 0 saturated carbocycles. The lowest BCUT2D eigenvalue weighted by atomic mass is 10.2. The fraction of sp³-hybridized carbons (Fsp3) is 0. The normalized spacial score (nSPS) is 16.2. The van der Waals surface area contributed by atoms with Gasteiger partial charge < -0.3 is 0 Å². The maximum atomic E-state index is 12.4. The van der Waals surface area contributed by atoms with Crippen LogP contribution in [0.2, 0.25) is 0 Å². The van der Waals surface area contributed by atoms with E-state index in [1.807, 2.05) is 30.3 Å². The highest BCUT2D eigenvalue weighted by Crippen LogP contribution is 2.33. The molecule has 0 aromatic heterocycles. The Bertz CT molecular complexity index is 815. The molecule has 1 saturated heterocycles. The van der Waals surface area contributed by atoms with Crippen LogP contribution in [0.5, 0.6) is 0 Å². The highest BCUT2D eigenvalue weighted by molar-refractivity contribution is 9.10. The van der Waals surface area contributed by atoms with Crippen LogP contribution >= 0.6 is 27.7 Å². The highest BCUT2D eigenvalue weighted by atomic mass is 79.9. The number of carbonyl (C=O) groups excluding carboxylic acids is 3. The van der Waals surface area contributed by atoms with E-state index in [9.17, 15) is 14.4 Å². The van der Waals surface area contributed by atoms with E-state index in [0.717, 1.165) is 21.8 Å². The van der Waals surface area contributed by atoms with Crippen molar-refractivity contribution >= 4 is 50.8 Å². The molecule has 1 aliphatic heterocycles. The molecule has 3 amide bonds. The number of thioether (sulfide) groups is 1. The van der Waals surface area contributed by atoms with Gasteiger partial charge in [0.05, 0.1) is 4.91 Å². The maximum Gasteiger partial charge on any atom is 0.300 e. The highest BCUT2D eigenvalue weighted by Gasteiger charge is 2.40. The minimum atomic E-state index is -0.614. The van der Waals surface area contributed by atoms with E-state index >= 15 is 0 Å². The quantitative estimate of drug-likeness (QED) is 0.568. The lowest BCUT2D eigenvalue weighted by molar-refractivity contribution is -0.120. The zero-order chi connectivity index (χ0) is 16.4. The van der Waals surface area contributed by atoms with Crippen molar-refractivity contribution in [2.75, 3.05) is 0 Å². The number of carbonyl (C=O) groups is 3. The largest absolute Gasteiger partial charge is 0.300 e. The third kappa shape index (κ3) is 3.28. The average molecular weight is 388 g/mol. The summed E-state index contributed by atoms with van der Waals surface area (Å²) < 4.78 is 0.812. The van der Waals surface area contributed by atoms with E-state index in [2.05, 4.69) is 15.9 Å². The number of halogens is 1. The van der Waals surface area contributed by atoms with Crippen molar-refractivity contribution in [2.45, 2.75) is 0 Å². The van der Waals surface area contributed by atoms with E-state index in [0.29, 0.717) is 4.90 Å². The molecule has 114 valence electrons. The third-order valence-electron chi connectivity index (χ3n) is 3.19. The number of imide groups is 3. The van der Waals surface area contributed by atoms with Gasteiger partial charge in [-0.1, -0.05) is 46.3 Å². The Labute approximate surface area is 145 Å². The van der Waals surface area contributed by atoms with Gasteiger partial charge in [-0.2, -0.15) is 0 Å². The van der Waals surface area contributed by atoms with Crippen LogP contribution < -0.4 is 0 Å². The van der Waals surface area contributed by atoms with Gasteiger partial charge >= 0.3 is 5.24 Å². The number of benzene rings is 2. The van der Waals surface area contributed by atoms with E-state index < -0.39 is 17.1 Å². The second kappa shape index (κ2) is 6.52. The second-order valence-electron chi connectivity index (χ2n) is 4.74. The zero-order valence-corrected chi connectivity index (χ0v) is 14.1. The summed E-state index contributed by atoms with van der Waals surface area (Å²) in [6.07, 6.45) is 1.61. The molecule has 2 aromatic rings. The summed E-state index contributed by atoms with van der Waals surface area (Å²) in [7, 11) is 0. The Morgan fingerprint density at radius 1 is 1.00 bits per heavy atom. The molecule has 23 heavy (non-hydrogen) atoms. The number of amides is 3. The van der Waals surface area contributed by atoms with Crippen molar-refractivity contribution in [3.8, 4) is 0 Å². The Kier molecular flexibility index (Phi) is 4.45. The summed E-state index contributed by atoms with van der Waals surface area (Å²) in [5.74, 6) is -1.20. The zero-order valence-electron chi connectivity index (χ0n) is 11.7. The Hall–Kier alpha value is -2.18. The monoisotopic (exact) mass is 387 g/mol. The maximum absolute atomic E-state index is 12.4. The summed E-state index contributed by atoms with van der Waals surface area (Å²) in [4.78, 5) is 37.8. The number of hydrogen-bond acceptors (Lipinski definition) is 4. The van der Waals surface area contributed by atoms with Crippen molar-refractivity contribution in [1.82, 2.24) is 4.90 Å². The minimum Gasteiger partial charge on any atom is -0.268 e. The van der Waals surface area contributed by atoms with Gasteiger partial charge in [-0.15, -0.1) is 0 Å². The molecule has 0 unspecified atom stereocenters. The first-order chi connectivity index (χ1) is 11.1. The molecule has 3 rings (SSSR count). The van der Waals surface area contributed by atoms with Crippen LogP contribution in [0, 0.1) is 0 Å². The van der Waals surface area contributed by atoms with Gasteiger partial charge in [0.1, 0.15) is 0 Å². The van der Waals surface area contributed by atoms with Gasteiger partial charge in [0, 0.05) is 10.0 Å². The standard InChI is InChI=1S/C17H10BrNO3S/c18-13-8-6-12(7-9-13)15(20)19-16(21)14(23-17(19)22)10-11-4-2-1-3-5-11/h1-10H/b14-10+. The number of nitrogens with zero attached hydrogens (tertiary/aromatic N) is 1. The summed E-state index contributed by atoms with van der Waals surface area (Å²) in [5, 5.41) is -0.579. The van der Waals surface area contributed by atoms with Gasteiger partial charge in [0.2, 0.25) is 0 Å². The summed E-state index contributed by atoms with van der Waals surface area (Å²) in [5.41, 5.74) is 1.09. The van der Waals surface area contributed by atoms with Gasteiger partial charge in [0.25, 0.3) is 11.8 Å². The van der Waals surface area contributed by atoms with Crippen LogP contribution in [0.3, 0.4) is 0 Å². The van der Waals surface area contributed by atoms with Gasteiger partial charge in [0.15, 0.2) is 0 Å². The predicted molar refractivity (Wildman–Crippen MR) is 92.7 cm³/mol. The molecule has 1 fully saturated rings. The molecule has 0 spiro atoms. The fourth-order valence-corrected chi connectivity index (χ4v) is 3.15. The van der Waals surface area contributed by atoms with Crippen LogP contribution in [0.15, 0.2) is 64.0 Å². The van der Waals surface area contributed by atoms with Gasteiger partial charge in [-0.05, 0) is 47.7 Å². The smallest absolute Gasteiger partial charge is 0.268 e. The molecule has 0 N–H and O–H groups in total. The average Bonchev–Trinajstić information content (AvgIpc) is 2.82. The first kappa shape index (κ1) is 15.7. The first-order valence-electron chi connectivity index (χ1n) is 6.69. The summed E-state index contributed by atoms with van der Waals surface area (Å²) in [6.45, 7) is 0. The van der Waals surface area contributed by atoms with Crippen molar-refractivity contribution in [2.24, 2.45) is 0 Å². The molecule has 1 heterocycles. The lowest BCUT2D eigenvalue weighted by Gasteiger charge is -2.10. The summed E-state index contributed by atoms with van der Waals surface area (Å²) >= 11 is 4.05. The van der Waals surface area contributed by atoms with Crippen LogP contribution in [0.1, 0.15) is 15.9 Å². The fourth-order valence-electron chi connectivity index (χ4n) is 2.07. The molecular formula is C17H10BrNO3S. The number of rotatable bonds is 2. The first-order valence-corrected chi connectivity index (χ1v) is 8.30. The van der Waals surface area contributed by atoms with Crippen molar-refractivity contribution in [3.63, 3.8) is 0 Å². The van der Waals surface area contributed by atoms with E-state index in [4.69, 9.17) is 0 Å². The molecular weight excluding hydrogens is 378 g/mol. The van der Waals surface area contributed by atoms with Crippen LogP contribution in [0.25, 0.3) is 6.08 Å². The second-order valence-corrected chi connectivity index (χ2v) is 6.65. The van der Waals surface area contributed by atoms with Crippen molar-refractivity contribution in [3.05, 3.63) is 75.1 Å². The SMILES string of the molecule is O=C1S/C(=C/c2ccccc2)C(=O)N1C(=O)c1ccc(Br)cc1. The molecule has 0 atom stereocenters. The van der Waals surface area contributed by atoms with Crippen LogP contribution in [-0.2, 0) is 4.79 Å². The Morgan fingerprint density at radius 2 is 1.65 bits per heavy atom. The third-order valence-corrected chi connectivity index (χ3v) is 4.58. The van der Waals surface area contributed by atoms with E-state index in [-0.39, 0.29) is 10.5 Å². The van der Waals surface area contributed by atoms with Gasteiger partial charge in [-0.25, -0.2) is 4.90 Å². The molecule has 4 nitrogen and oxygen atoms in total. The predicted octanol–water partition coefficient (Wildman–Crippen LogP) is 4.33. The van der Waals surface area contributed by atoms with E-state index in [1.54, 1.807) is 30.3 Å². The lowest BCUT2D eigenvalue weighted by Crippen LogP contribution is -2.34. The number of hydrogen-bond donors (Lipinski definition) is 0. The topological polar surface area (TPSA) is 54.5 Å². The molecule has 2 aromatic carbocycles. The van der Waals surface area contributed by atoms with Gasteiger partial charge in [-0.3, -0.25) is 14.4 Å². The van der Waals surface area contributed by atoms with E-state index in [1.165, 1.54) is 0 Å². The molecule has 0 radical (unpaired) electrons. The molecule has 1 aliphatic rings. The minimum absolute atomic E-state index is 0.242. The summed E-state index contributed by atoms with van der Waals surface area (Å²) in [6, 6.07) is 15.7. The molecule has 0 aliphatic carbocycles.